The predicted octanol–water partition coefficient (Wildman–Crippen LogP) is 4.07. The van der Waals surface area contributed by atoms with Crippen molar-refractivity contribution in [3.63, 3.8) is 0 Å². The average molecular weight is 497 g/mol. The highest BCUT2D eigenvalue weighted by atomic mass is 16.6. The minimum absolute atomic E-state index is 0.233. The topological polar surface area (TPSA) is 131 Å². The molecule has 2 amide bonds. The number of nitrogens with zero attached hydrogens (tertiary/aromatic N) is 4. The van der Waals surface area contributed by atoms with Crippen LogP contribution in [0.3, 0.4) is 0 Å². The van der Waals surface area contributed by atoms with Crippen LogP contribution in [-0.2, 0) is 11.3 Å². The first-order valence-corrected chi connectivity index (χ1v) is 11.8. The molecule has 0 unspecified atom stereocenters. The van der Waals surface area contributed by atoms with E-state index in [-0.39, 0.29) is 6.04 Å². The molecule has 1 atom stereocenters. The SMILES string of the molecule is COc1ccc(Cn2ncc3c(N4CCC[C@H](NC(=O)O)C4)c(NC(=O)OC(C)(C)C)cnc32)cc1. The van der Waals surface area contributed by atoms with Gasteiger partial charge in [-0.05, 0) is 51.3 Å². The van der Waals surface area contributed by atoms with Crippen molar-refractivity contribution in [1.29, 1.82) is 0 Å². The van der Waals surface area contributed by atoms with Crippen LogP contribution >= 0.6 is 0 Å². The number of anilines is 2. The number of rotatable bonds is 6. The number of ether oxygens (including phenoxy) is 2. The number of aromatic nitrogens is 3. The number of pyridine rings is 1. The lowest BCUT2D eigenvalue weighted by Crippen LogP contribution is -2.47. The van der Waals surface area contributed by atoms with Crippen molar-refractivity contribution in [1.82, 2.24) is 20.1 Å². The molecule has 1 aliphatic heterocycles. The van der Waals surface area contributed by atoms with Crippen LogP contribution in [0.4, 0.5) is 21.0 Å². The maximum Gasteiger partial charge on any atom is 0.412 e. The van der Waals surface area contributed by atoms with Gasteiger partial charge in [0.2, 0.25) is 0 Å². The Kier molecular flexibility index (Phi) is 7.18. The van der Waals surface area contributed by atoms with Crippen LogP contribution in [0.25, 0.3) is 11.0 Å². The van der Waals surface area contributed by atoms with Gasteiger partial charge in [-0.25, -0.2) is 19.3 Å². The first-order chi connectivity index (χ1) is 17.1. The van der Waals surface area contributed by atoms with Crippen molar-refractivity contribution >= 4 is 34.6 Å². The molecule has 0 spiro atoms. The number of hydrogen-bond acceptors (Lipinski definition) is 7. The summed E-state index contributed by atoms with van der Waals surface area (Å²) in [6.07, 6.45) is 3.22. The molecule has 3 heterocycles. The van der Waals surface area contributed by atoms with Crippen LogP contribution in [0.1, 0.15) is 39.2 Å². The fourth-order valence-electron chi connectivity index (χ4n) is 4.35. The Labute approximate surface area is 209 Å². The largest absolute Gasteiger partial charge is 0.497 e. The van der Waals surface area contributed by atoms with Crippen molar-refractivity contribution in [3.8, 4) is 5.75 Å². The zero-order chi connectivity index (χ0) is 25.9. The molecule has 1 fully saturated rings. The Morgan fingerprint density at radius 2 is 1.94 bits per heavy atom. The van der Waals surface area contributed by atoms with Gasteiger partial charge in [0.15, 0.2) is 5.65 Å². The molecule has 3 aromatic rings. The molecule has 0 saturated carbocycles. The number of hydrogen-bond donors (Lipinski definition) is 3. The predicted molar refractivity (Wildman–Crippen MR) is 136 cm³/mol. The van der Waals surface area contributed by atoms with Gasteiger partial charge in [-0.15, -0.1) is 0 Å². The van der Waals surface area contributed by atoms with Crippen LogP contribution in [0, 0.1) is 0 Å². The summed E-state index contributed by atoms with van der Waals surface area (Å²) in [6, 6.07) is 7.50. The number of benzene rings is 1. The molecule has 1 aliphatic rings. The van der Waals surface area contributed by atoms with Gasteiger partial charge < -0.3 is 24.8 Å². The lowest BCUT2D eigenvalue weighted by atomic mass is 10.0. The Morgan fingerprint density at radius 3 is 2.61 bits per heavy atom. The smallest absolute Gasteiger partial charge is 0.412 e. The number of piperidine rings is 1. The van der Waals surface area contributed by atoms with E-state index >= 15 is 0 Å². The molecule has 2 aromatic heterocycles. The number of amides is 2. The third-order valence-corrected chi connectivity index (χ3v) is 5.83. The molecule has 3 N–H and O–H groups in total. The summed E-state index contributed by atoms with van der Waals surface area (Å²) in [7, 11) is 1.63. The quantitative estimate of drug-likeness (QED) is 0.465. The Hall–Kier alpha value is -4.02. The first kappa shape index (κ1) is 25.1. The van der Waals surface area contributed by atoms with Gasteiger partial charge >= 0.3 is 12.2 Å². The third kappa shape index (κ3) is 5.96. The number of carboxylic acid groups (broad SMARTS) is 1. The Bertz CT molecular complexity index is 1230. The van der Waals surface area contributed by atoms with E-state index in [9.17, 15) is 14.7 Å². The van der Waals surface area contributed by atoms with Gasteiger partial charge in [0, 0.05) is 19.1 Å². The second-order valence-electron chi connectivity index (χ2n) is 9.77. The van der Waals surface area contributed by atoms with E-state index in [1.165, 1.54) is 0 Å². The second kappa shape index (κ2) is 10.3. The van der Waals surface area contributed by atoms with E-state index in [0.29, 0.717) is 31.0 Å². The van der Waals surface area contributed by atoms with Crippen molar-refractivity contribution in [2.45, 2.75) is 51.8 Å². The maximum absolute atomic E-state index is 12.6. The number of carbonyl (C=O) groups is 2. The summed E-state index contributed by atoms with van der Waals surface area (Å²) in [5.74, 6) is 0.775. The Morgan fingerprint density at radius 1 is 1.19 bits per heavy atom. The molecule has 0 bridgehead atoms. The van der Waals surface area contributed by atoms with Gasteiger partial charge in [0.25, 0.3) is 0 Å². The molecule has 1 saturated heterocycles. The molecule has 0 aliphatic carbocycles. The van der Waals surface area contributed by atoms with Crippen molar-refractivity contribution in [2.75, 3.05) is 30.4 Å². The lowest BCUT2D eigenvalue weighted by Gasteiger charge is -2.35. The maximum atomic E-state index is 12.6. The normalized spacial score (nSPS) is 16.0. The highest BCUT2D eigenvalue weighted by molar-refractivity contribution is 6.01. The molecular weight excluding hydrogens is 464 g/mol. The highest BCUT2D eigenvalue weighted by Gasteiger charge is 2.27. The van der Waals surface area contributed by atoms with Gasteiger partial charge in [0.1, 0.15) is 11.4 Å². The zero-order valence-electron chi connectivity index (χ0n) is 20.9. The summed E-state index contributed by atoms with van der Waals surface area (Å²) in [6.45, 7) is 7.05. The first-order valence-electron chi connectivity index (χ1n) is 11.8. The summed E-state index contributed by atoms with van der Waals surface area (Å²) in [5, 5.41) is 20.0. The summed E-state index contributed by atoms with van der Waals surface area (Å²) in [5.41, 5.74) is 2.25. The molecule has 0 radical (unpaired) electrons. The molecule has 192 valence electrons. The molecule has 4 rings (SSSR count). The van der Waals surface area contributed by atoms with E-state index < -0.39 is 17.8 Å². The van der Waals surface area contributed by atoms with Crippen LogP contribution in [0.2, 0.25) is 0 Å². The zero-order valence-corrected chi connectivity index (χ0v) is 20.9. The highest BCUT2D eigenvalue weighted by Crippen LogP contribution is 2.35. The Balaban J connectivity index is 1.70. The van der Waals surface area contributed by atoms with Gasteiger partial charge in [-0.2, -0.15) is 5.10 Å². The number of fused-ring (bicyclic) bond motifs is 1. The molecule has 11 heteroatoms. The lowest BCUT2D eigenvalue weighted by molar-refractivity contribution is 0.0636. The molecule has 1 aromatic carbocycles. The summed E-state index contributed by atoms with van der Waals surface area (Å²) >= 11 is 0. The fourth-order valence-corrected chi connectivity index (χ4v) is 4.35. The van der Waals surface area contributed by atoms with Crippen molar-refractivity contribution in [3.05, 3.63) is 42.2 Å². The van der Waals surface area contributed by atoms with E-state index in [0.717, 1.165) is 35.2 Å². The molecule has 36 heavy (non-hydrogen) atoms. The molecular formula is C25H32N6O5. The van der Waals surface area contributed by atoms with Crippen LogP contribution in [0.5, 0.6) is 5.75 Å². The fraction of sp³-hybridized carbons (Fsp3) is 0.440. The van der Waals surface area contributed by atoms with Crippen LogP contribution in [0.15, 0.2) is 36.7 Å². The second-order valence-corrected chi connectivity index (χ2v) is 9.77. The number of methoxy groups -OCH3 is 1. The van der Waals surface area contributed by atoms with Crippen LogP contribution in [-0.4, -0.2) is 63.9 Å². The van der Waals surface area contributed by atoms with E-state index in [1.54, 1.807) is 45.0 Å². The minimum atomic E-state index is -1.05. The minimum Gasteiger partial charge on any atom is -0.497 e. The number of nitrogens with one attached hydrogen (secondary N) is 2. The summed E-state index contributed by atoms with van der Waals surface area (Å²) < 4.78 is 12.5. The van der Waals surface area contributed by atoms with Gasteiger partial charge in [-0.1, -0.05) is 12.1 Å². The van der Waals surface area contributed by atoms with Crippen molar-refractivity contribution < 1.29 is 24.2 Å². The van der Waals surface area contributed by atoms with Gasteiger partial charge in [-0.3, -0.25) is 5.32 Å². The summed E-state index contributed by atoms with van der Waals surface area (Å²) in [4.78, 5) is 30.5. The monoisotopic (exact) mass is 496 g/mol. The third-order valence-electron chi connectivity index (χ3n) is 5.83. The standard InChI is InChI=1S/C25H32N6O5/c1-25(2,3)36-24(34)29-20-13-26-22-19(21(20)30-11-5-6-17(15-30)28-23(32)33)12-27-31(22)14-16-7-9-18(35-4)10-8-16/h7-10,12-13,17,28H,5-6,11,14-15H2,1-4H3,(H,29,34)(H,32,33)/t17-/m0/s1. The van der Waals surface area contributed by atoms with Gasteiger partial charge in [0.05, 0.1) is 42.8 Å². The average Bonchev–Trinajstić information content (AvgIpc) is 3.20. The molecule has 11 nitrogen and oxygen atoms in total. The van der Waals surface area contributed by atoms with E-state index in [4.69, 9.17) is 9.47 Å². The van der Waals surface area contributed by atoms with Crippen molar-refractivity contribution in [2.24, 2.45) is 0 Å². The number of carbonyl (C=O) groups excluding carboxylic acids is 1. The van der Waals surface area contributed by atoms with Crippen LogP contribution < -0.4 is 20.3 Å². The van der Waals surface area contributed by atoms with E-state index in [1.807, 2.05) is 24.3 Å². The van der Waals surface area contributed by atoms with E-state index in [2.05, 4.69) is 25.6 Å².